The van der Waals surface area contributed by atoms with E-state index in [0.29, 0.717) is 24.1 Å². The van der Waals surface area contributed by atoms with Crippen LogP contribution in [0.15, 0.2) is 54.6 Å². The lowest BCUT2D eigenvalue weighted by Crippen LogP contribution is -2.49. The third-order valence-corrected chi connectivity index (χ3v) is 5.53. The number of benzene rings is 2. The lowest BCUT2D eigenvalue weighted by molar-refractivity contribution is 0.0590. The van der Waals surface area contributed by atoms with Gasteiger partial charge in [0.05, 0.1) is 17.2 Å². The topological polar surface area (TPSA) is 64.1 Å². The normalized spacial score (nSPS) is 18.5. The van der Waals surface area contributed by atoms with Crippen molar-refractivity contribution in [2.24, 2.45) is 0 Å². The van der Waals surface area contributed by atoms with Crippen molar-refractivity contribution in [2.45, 2.75) is 12.5 Å². The van der Waals surface area contributed by atoms with Crippen LogP contribution in [0.5, 0.6) is 0 Å². The summed E-state index contributed by atoms with van der Waals surface area (Å²) in [5.41, 5.74) is 2.14. The summed E-state index contributed by atoms with van der Waals surface area (Å²) in [7, 11) is 0. The standard InChI is InChI=1S/C22H25N3O3/c26-18(10-11-25-21(27)19-8-4-5-9-20(19)22(25)28)16-23-12-14-24(15-13-23)17-6-2-1-3-7-17/h1-9,18,26H,10-16H2. The Balaban J connectivity index is 1.24. The zero-order chi connectivity index (χ0) is 19.5. The molecule has 2 aliphatic rings. The van der Waals surface area contributed by atoms with Gasteiger partial charge in [0.25, 0.3) is 11.8 Å². The van der Waals surface area contributed by atoms with Crippen LogP contribution < -0.4 is 4.90 Å². The smallest absolute Gasteiger partial charge is 0.261 e. The molecule has 2 amide bonds. The number of rotatable bonds is 6. The minimum atomic E-state index is -0.562. The van der Waals surface area contributed by atoms with Crippen molar-refractivity contribution < 1.29 is 14.7 Å². The Kier molecular flexibility index (Phi) is 5.41. The Morgan fingerprint density at radius 2 is 1.39 bits per heavy atom. The van der Waals surface area contributed by atoms with Gasteiger partial charge in [-0.05, 0) is 30.7 Å². The fraction of sp³-hybridized carbons (Fsp3) is 0.364. The Bertz CT molecular complexity index is 812. The number of anilines is 1. The van der Waals surface area contributed by atoms with E-state index in [1.54, 1.807) is 24.3 Å². The molecule has 4 rings (SSSR count). The molecule has 0 aromatic heterocycles. The second-order valence-electron chi connectivity index (χ2n) is 7.37. The van der Waals surface area contributed by atoms with E-state index >= 15 is 0 Å². The van der Waals surface area contributed by atoms with Crippen LogP contribution in [0.1, 0.15) is 27.1 Å². The van der Waals surface area contributed by atoms with Gasteiger partial charge >= 0.3 is 0 Å². The first-order valence-corrected chi connectivity index (χ1v) is 9.79. The number of nitrogens with zero attached hydrogens (tertiary/aromatic N) is 3. The van der Waals surface area contributed by atoms with Crippen LogP contribution >= 0.6 is 0 Å². The highest BCUT2D eigenvalue weighted by molar-refractivity contribution is 6.21. The highest BCUT2D eigenvalue weighted by atomic mass is 16.3. The van der Waals surface area contributed by atoms with Gasteiger partial charge in [-0.2, -0.15) is 0 Å². The fourth-order valence-electron chi connectivity index (χ4n) is 3.94. The molecule has 2 aliphatic heterocycles. The number of aliphatic hydroxyl groups excluding tert-OH is 1. The molecule has 0 bridgehead atoms. The number of hydrogen-bond acceptors (Lipinski definition) is 5. The summed E-state index contributed by atoms with van der Waals surface area (Å²) in [6, 6.07) is 17.2. The number of piperazine rings is 1. The number of amides is 2. The molecule has 0 spiro atoms. The first-order valence-electron chi connectivity index (χ1n) is 9.79. The van der Waals surface area contributed by atoms with Crippen LogP contribution in [-0.2, 0) is 0 Å². The fourth-order valence-corrected chi connectivity index (χ4v) is 3.94. The van der Waals surface area contributed by atoms with Crippen LogP contribution in [0, 0.1) is 0 Å². The number of β-amino-alcohol motifs (C(OH)–C–C–N with tert-alkyl or cyclic N) is 1. The largest absolute Gasteiger partial charge is 0.392 e. The SMILES string of the molecule is O=C1c2ccccc2C(=O)N1CCC(O)CN1CCN(c2ccccc2)CC1. The minimum Gasteiger partial charge on any atom is -0.392 e. The molecule has 2 aromatic carbocycles. The first-order chi connectivity index (χ1) is 13.6. The molecule has 2 aromatic rings. The van der Waals surface area contributed by atoms with Crippen molar-refractivity contribution >= 4 is 17.5 Å². The molecular weight excluding hydrogens is 354 g/mol. The van der Waals surface area contributed by atoms with Gasteiger partial charge in [0, 0.05) is 45.0 Å². The third-order valence-electron chi connectivity index (χ3n) is 5.53. The number of imide groups is 1. The van der Waals surface area contributed by atoms with Gasteiger partial charge in [0.15, 0.2) is 0 Å². The lowest BCUT2D eigenvalue weighted by atomic mass is 10.1. The Hall–Kier alpha value is -2.70. The molecule has 28 heavy (non-hydrogen) atoms. The maximum absolute atomic E-state index is 12.4. The lowest BCUT2D eigenvalue weighted by Gasteiger charge is -2.37. The van der Waals surface area contributed by atoms with E-state index in [0.717, 1.165) is 26.2 Å². The van der Waals surface area contributed by atoms with Crippen LogP contribution in [0.3, 0.4) is 0 Å². The molecule has 1 fully saturated rings. The van der Waals surface area contributed by atoms with Crippen molar-refractivity contribution in [1.29, 1.82) is 0 Å². The van der Waals surface area contributed by atoms with Crippen LogP contribution in [-0.4, -0.2) is 72.1 Å². The summed E-state index contributed by atoms with van der Waals surface area (Å²) >= 11 is 0. The van der Waals surface area contributed by atoms with Crippen molar-refractivity contribution in [3.63, 3.8) is 0 Å². The van der Waals surface area contributed by atoms with Gasteiger partial charge in [0.2, 0.25) is 0 Å². The van der Waals surface area contributed by atoms with E-state index in [-0.39, 0.29) is 18.4 Å². The van der Waals surface area contributed by atoms with E-state index < -0.39 is 6.10 Å². The van der Waals surface area contributed by atoms with Crippen molar-refractivity contribution in [2.75, 3.05) is 44.2 Å². The van der Waals surface area contributed by atoms with E-state index in [1.807, 2.05) is 18.2 Å². The van der Waals surface area contributed by atoms with Gasteiger partial charge in [-0.3, -0.25) is 19.4 Å². The number of fused-ring (bicyclic) bond motifs is 1. The summed E-state index contributed by atoms with van der Waals surface area (Å²) in [6.07, 6.45) is -0.169. The second-order valence-corrected chi connectivity index (χ2v) is 7.37. The highest BCUT2D eigenvalue weighted by Gasteiger charge is 2.35. The number of para-hydroxylation sites is 1. The van der Waals surface area contributed by atoms with Gasteiger partial charge in [0.1, 0.15) is 0 Å². The predicted molar refractivity (Wildman–Crippen MR) is 108 cm³/mol. The van der Waals surface area contributed by atoms with Gasteiger partial charge in [-0.25, -0.2) is 0 Å². The summed E-state index contributed by atoms with van der Waals surface area (Å²) in [5.74, 6) is -0.520. The molecule has 1 atom stereocenters. The zero-order valence-electron chi connectivity index (χ0n) is 15.8. The van der Waals surface area contributed by atoms with E-state index in [2.05, 4.69) is 21.9 Å². The maximum atomic E-state index is 12.4. The zero-order valence-corrected chi connectivity index (χ0v) is 15.8. The summed E-state index contributed by atoms with van der Waals surface area (Å²) in [4.78, 5) is 30.6. The molecule has 1 saturated heterocycles. The molecule has 0 radical (unpaired) electrons. The Labute approximate surface area is 165 Å². The average Bonchev–Trinajstić information content (AvgIpc) is 2.98. The molecule has 6 nitrogen and oxygen atoms in total. The predicted octanol–water partition coefficient (Wildman–Crippen LogP) is 1.86. The molecule has 146 valence electrons. The van der Waals surface area contributed by atoms with Crippen LogP contribution in [0.25, 0.3) is 0 Å². The van der Waals surface area contributed by atoms with Crippen molar-refractivity contribution in [1.82, 2.24) is 9.80 Å². The second kappa shape index (κ2) is 8.12. The van der Waals surface area contributed by atoms with Crippen molar-refractivity contribution in [3.05, 3.63) is 65.7 Å². The number of carbonyl (C=O) groups is 2. The Morgan fingerprint density at radius 3 is 2.00 bits per heavy atom. The highest BCUT2D eigenvalue weighted by Crippen LogP contribution is 2.23. The van der Waals surface area contributed by atoms with E-state index in [9.17, 15) is 14.7 Å². The summed E-state index contributed by atoms with van der Waals surface area (Å²) in [6.45, 7) is 4.44. The summed E-state index contributed by atoms with van der Waals surface area (Å²) < 4.78 is 0. The maximum Gasteiger partial charge on any atom is 0.261 e. The average molecular weight is 379 g/mol. The molecule has 0 saturated carbocycles. The van der Waals surface area contributed by atoms with Crippen LogP contribution in [0.2, 0.25) is 0 Å². The molecular formula is C22H25N3O3. The number of hydrogen-bond donors (Lipinski definition) is 1. The number of carbonyl (C=O) groups excluding carboxylic acids is 2. The van der Waals surface area contributed by atoms with E-state index in [4.69, 9.17) is 0 Å². The first kappa shape index (κ1) is 18.7. The van der Waals surface area contributed by atoms with Gasteiger partial charge < -0.3 is 10.0 Å². The quantitative estimate of drug-likeness (QED) is 0.776. The third kappa shape index (κ3) is 3.79. The van der Waals surface area contributed by atoms with E-state index in [1.165, 1.54) is 10.6 Å². The molecule has 6 heteroatoms. The monoisotopic (exact) mass is 379 g/mol. The molecule has 1 unspecified atom stereocenters. The molecule has 2 heterocycles. The van der Waals surface area contributed by atoms with Crippen molar-refractivity contribution in [3.8, 4) is 0 Å². The van der Waals surface area contributed by atoms with Gasteiger partial charge in [-0.15, -0.1) is 0 Å². The van der Waals surface area contributed by atoms with Crippen LogP contribution in [0.4, 0.5) is 5.69 Å². The Morgan fingerprint density at radius 1 is 0.821 bits per heavy atom. The van der Waals surface area contributed by atoms with Gasteiger partial charge in [-0.1, -0.05) is 30.3 Å². The molecule has 0 aliphatic carbocycles. The summed E-state index contributed by atoms with van der Waals surface area (Å²) in [5, 5.41) is 10.4. The number of aliphatic hydroxyl groups is 1. The molecule has 1 N–H and O–H groups in total. The minimum absolute atomic E-state index is 0.248.